The van der Waals surface area contributed by atoms with Gasteiger partial charge in [-0.05, 0) is 284 Å². The van der Waals surface area contributed by atoms with Gasteiger partial charge in [-0.2, -0.15) is 65.9 Å². The van der Waals surface area contributed by atoms with Crippen molar-refractivity contribution < 1.29 is 148 Å². The maximum absolute atomic E-state index is 12.9. The fourth-order valence-corrected chi connectivity index (χ4v) is 16.7. The summed E-state index contributed by atoms with van der Waals surface area (Å²) in [5, 5.41) is 10.0. The average Bonchev–Trinajstić information content (AvgIpc) is 1.63. The van der Waals surface area contributed by atoms with Crippen LogP contribution in [0.2, 0.25) is 5.02 Å². The summed E-state index contributed by atoms with van der Waals surface area (Å²) in [5.41, 5.74) is -5.35. The zero-order valence-corrected chi connectivity index (χ0v) is 80.0. The van der Waals surface area contributed by atoms with Crippen LogP contribution in [0.4, 0.5) is 70.2 Å². The van der Waals surface area contributed by atoms with Gasteiger partial charge in [0.15, 0.2) is 39.3 Å². The molecular weight excluding hydrogens is 1930 g/mol. The van der Waals surface area contributed by atoms with Crippen molar-refractivity contribution in [2.45, 2.75) is 161 Å². The van der Waals surface area contributed by atoms with E-state index in [1.54, 1.807) is 88.6 Å². The largest absolute Gasteiger partial charge is 0.501 e. The van der Waals surface area contributed by atoms with E-state index in [9.17, 15) is 129 Å². The molecule has 0 amide bonds. The first-order valence-electron chi connectivity index (χ1n) is 38.1. The van der Waals surface area contributed by atoms with Gasteiger partial charge >= 0.3 is 29.5 Å². The first-order chi connectivity index (χ1) is 60.1. The van der Waals surface area contributed by atoms with E-state index in [1.807, 2.05) is 77.9 Å². The van der Waals surface area contributed by atoms with Gasteiger partial charge in [0.2, 0.25) is 10.0 Å². The molecule has 0 radical (unpaired) electrons. The van der Waals surface area contributed by atoms with E-state index < -0.39 is 131 Å². The fraction of sp³-hybridized carbons (Fsp3) is 0.303. The number of aryl methyl sites for hydroxylation is 9. The third-order valence-corrected chi connectivity index (χ3v) is 26.8. The fourth-order valence-electron chi connectivity index (χ4n) is 10.6. The molecule has 0 saturated carbocycles. The summed E-state index contributed by atoms with van der Waals surface area (Å²) in [5.74, 6) is 0.452. The SMILES string of the molecule is COc1ccc(S(C)(=O)=O)cc1C.Cc1cc(C(F)(F)F)ccc1CCNS(C)(=O)=O.Cc1cc(C(F)(F)F)ccc1OC(C)(C)C.Cc1cc(S(=O)(=O)C(F)(F)F)ccc1Cl.Cc1cc(S(C)(=O)=O)ccc1F.Cc1ccc(OCc2ccccc2)c(C(F)(F)F)c1.Cc1ccc2c(c1)S(=O)(=O)C=C2.Cc1cccc(S(=O)(=O)C(F)(F)F)c1.Cc1cccc(S(=O)(=O)CCO)c1. The van der Waals surface area contributed by atoms with Crippen molar-refractivity contribution >= 4 is 86.7 Å². The van der Waals surface area contributed by atoms with Crippen molar-refractivity contribution in [1.29, 1.82) is 0 Å². The number of methoxy groups -OCH3 is 1. The van der Waals surface area contributed by atoms with Crippen LogP contribution in [0.15, 0.2) is 241 Å². The minimum absolute atomic E-state index is 0.118. The number of fused-ring (bicyclic) bond motifs is 1. The van der Waals surface area contributed by atoms with E-state index in [1.165, 1.54) is 81.0 Å². The number of aliphatic hydroxyl groups excluding tert-OH is 1. The van der Waals surface area contributed by atoms with Gasteiger partial charge in [0, 0.05) is 29.5 Å². The Morgan fingerprint density at radius 3 is 1.32 bits per heavy atom. The monoisotopic (exact) mass is 2030 g/mol. The van der Waals surface area contributed by atoms with Crippen molar-refractivity contribution in [3.8, 4) is 17.2 Å². The molecule has 0 spiro atoms. The van der Waals surface area contributed by atoms with E-state index in [0.29, 0.717) is 61.1 Å². The zero-order chi connectivity index (χ0) is 101. The van der Waals surface area contributed by atoms with Crippen molar-refractivity contribution in [2.24, 2.45) is 0 Å². The van der Waals surface area contributed by atoms with Crippen LogP contribution < -0.4 is 18.9 Å². The lowest BCUT2D eigenvalue weighted by Gasteiger charge is -2.23. The second-order valence-corrected chi connectivity index (χ2v) is 44.0. The van der Waals surface area contributed by atoms with Gasteiger partial charge in [0.25, 0.3) is 19.7 Å². The summed E-state index contributed by atoms with van der Waals surface area (Å²) >= 11 is 5.57. The summed E-state index contributed by atoms with van der Waals surface area (Å²) in [6.45, 7) is 20.3. The summed E-state index contributed by atoms with van der Waals surface area (Å²) in [7, 11) is -24.9. The topological polar surface area (TPSA) is 299 Å². The number of rotatable bonds is 16. The summed E-state index contributed by atoms with van der Waals surface area (Å²) in [6, 6.07) is 48.3. The minimum Gasteiger partial charge on any atom is -0.496 e. The molecule has 0 aromatic heterocycles. The van der Waals surface area contributed by atoms with Gasteiger partial charge in [0.1, 0.15) is 35.3 Å². The molecule has 0 aliphatic carbocycles. The standard InChI is InChI=1S/C15H13F3O.C12H15F3O.C11H14F3NO2S.2C9H12O3S.C9H8O2S.C8H6ClF3O2S.C8H7F3O2S.C8H9FO2S/c1-11-7-8-14(13(9-11)15(16,17)18)19-10-12-5-3-2-4-6-12;1-8-7-9(12(13,14)15)5-6-10(8)16-11(2,3)4;1-8-7-10(11(12,13)14)4-3-9(8)5-6-15-18(2,16)17;1-7-6-8(13(3,10)11)4-5-9(7)12-2;1-8-3-2-4-9(7-8)13(11,12)6-5-10;1-7-2-3-8-4-5-12(10,11)9(8)6-7;1-5-4-6(2-3-7(5)9)15(13,14)8(10,11)12;1-6-3-2-4-7(5-6)14(12,13)8(9,10)11;1-6-5-7(12(2,10)11)3-4-8(6)9/h2-9H,10H2,1H3;5-7H,1-4H3;3-4,7,15H,5-6H2,1-2H3;4-6H,1-3H3;2-4,7,10H,5-6H2,1H3;2-6H,1H3;2-4H,1H3;2-5H,1H3;3-5H,1-2H3. The maximum Gasteiger partial charge on any atom is 0.501 e. The van der Waals surface area contributed by atoms with Gasteiger partial charge < -0.3 is 19.3 Å². The molecule has 1 aliphatic heterocycles. The van der Waals surface area contributed by atoms with Gasteiger partial charge in [-0.25, -0.2) is 68.0 Å². The number of ether oxygens (including phenoxy) is 3. The van der Waals surface area contributed by atoms with E-state index in [0.717, 1.165) is 107 Å². The predicted octanol–water partition coefficient (Wildman–Crippen LogP) is 21.6. The second kappa shape index (κ2) is 47.8. The van der Waals surface area contributed by atoms with E-state index in [2.05, 4.69) is 4.72 Å². The van der Waals surface area contributed by atoms with Gasteiger partial charge in [0.05, 0.1) is 71.8 Å². The highest BCUT2D eigenvalue weighted by atomic mass is 35.5. The lowest BCUT2D eigenvalue weighted by molar-refractivity contribution is -0.139. The normalized spacial score (nSPS) is 12.7. The molecule has 0 unspecified atom stereocenters. The molecule has 0 bridgehead atoms. The number of halogens is 17. The molecule has 43 heteroatoms. The van der Waals surface area contributed by atoms with E-state index >= 15 is 0 Å². The summed E-state index contributed by atoms with van der Waals surface area (Å²) in [6.07, 6.45) is -7.75. The number of hydrogen-bond acceptors (Lipinski definition) is 18. The average molecular weight is 2030 g/mol. The highest BCUT2D eigenvalue weighted by Gasteiger charge is 2.48. The molecule has 1 aliphatic rings. The molecule has 1 heterocycles. The molecule has 11 rings (SSSR count). The number of aliphatic hydroxyl groups is 1. The zero-order valence-electron chi connectivity index (χ0n) is 73.5. The van der Waals surface area contributed by atoms with Gasteiger partial charge in [-0.1, -0.05) is 96.0 Å². The highest BCUT2D eigenvalue weighted by Crippen LogP contribution is 2.39. The quantitative estimate of drug-likeness (QED) is 0.0671. The maximum atomic E-state index is 12.9. The van der Waals surface area contributed by atoms with Crippen LogP contribution in [0.1, 0.15) is 104 Å². The number of benzene rings is 10. The summed E-state index contributed by atoms with van der Waals surface area (Å²) in [4.78, 5) is -0.321. The Morgan fingerprint density at radius 2 is 0.871 bits per heavy atom. The van der Waals surface area contributed by atoms with Crippen molar-refractivity contribution in [3.63, 3.8) is 0 Å². The molecule has 0 saturated heterocycles. The van der Waals surface area contributed by atoms with Crippen molar-refractivity contribution in [2.75, 3.05) is 44.8 Å². The molecule has 726 valence electrons. The van der Waals surface area contributed by atoms with Crippen LogP contribution in [0.25, 0.3) is 6.08 Å². The van der Waals surface area contributed by atoms with Crippen LogP contribution in [-0.4, -0.2) is 125 Å². The van der Waals surface area contributed by atoms with Gasteiger partial charge in [-0.15, -0.1) is 0 Å². The third-order valence-electron chi connectivity index (χ3n) is 17.3. The number of hydrogen-bond donors (Lipinski definition) is 2. The summed E-state index contributed by atoms with van der Waals surface area (Å²) < 4.78 is 372. The molecule has 0 fully saturated rings. The molecule has 2 N–H and O–H groups in total. The smallest absolute Gasteiger partial charge is 0.496 e. The van der Waals surface area contributed by atoms with E-state index in [4.69, 9.17) is 30.9 Å². The van der Waals surface area contributed by atoms with Gasteiger partial charge in [-0.3, -0.25) is 0 Å². The first-order valence-corrected chi connectivity index (χ1v) is 50.3. The molecule has 10 aromatic rings. The minimum atomic E-state index is -5.28. The molecule has 10 aromatic carbocycles. The van der Waals surface area contributed by atoms with Crippen molar-refractivity contribution in [3.05, 3.63) is 306 Å². The Labute approximate surface area is 763 Å². The number of nitrogens with one attached hydrogen (secondary N) is 1. The third kappa shape index (κ3) is 38.6. The number of sulfone groups is 6. The Bertz CT molecular complexity index is 6490. The van der Waals surface area contributed by atoms with Crippen LogP contribution in [0.5, 0.6) is 17.2 Å². The molecular formula is C89H96ClF16NO18S7. The van der Waals surface area contributed by atoms with E-state index in [-0.39, 0.29) is 57.5 Å². The number of sulfonamides is 1. The second-order valence-electron chi connectivity index (χ2n) is 30.0. The Morgan fingerprint density at radius 1 is 0.432 bits per heavy atom. The van der Waals surface area contributed by atoms with Crippen LogP contribution in [0, 0.1) is 68.1 Å². The molecule has 0 atom stereocenters. The highest BCUT2D eigenvalue weighted by molar-refractivity contribution is 7.95. The predicted molar refractivity (Wildman–Crippen MR) is 473 cm³/mol. The molecule has 132 heavy (non-hydrogen) atoms. The van der Waals surface area contributed by atoms with Crippen LogP contribution in [0.3, 0.4) is 0 Å². The first kappa shape index (κ1) is 116. The lowest BCUT2D eigenvalue weighted by atomic mass is 10.0. The lowest BCUT2D eigenvalue weighted by Crippen LogP contribution is -2.24. The Balaban J connectivity index is 0.000000384. The number of alkyl halides is 15. The Hall–Kier alpha value is -9.92. The Kier molecular flexibility index (Phi) is 42.1. The van der Waals surface area contributed by atoms with Crippen molar-refractivity contribution in [1.82, 2.24) is 4.72 Å². The molecule has 19 nitrogen and oxygen atoms in total. The van der Waals surface area contributed by atoms with Crippen LogP contribution >= 0.6 is 11.6 Å². The van der Waals surface area contributed by atoms with Crippen LogP contribution in [-0.2, 0) is 101 Å².